The summed E-state index contributed by atoms with van der Waals surface area (Å²) < 4.78 is 48.0. The maximum Gasteiger partial charge on any atom is 0.338 e. The first-order chi connectivity index (χ1) is 16.3. The summed E-state index contributed by atoms with van der Waals surface area (Å²) in [5.41, 5.74) is 0.413. The molecule has 1 heterocycles. The Hall–Kier alpha value is -2.97. The van der Waals surface area contributed by atoms with Gasteiger partial charge in [0, 0.05) is 19.2 Å². The first kappa shape index (κ1) is 22.8. The van der Waals surface area contributed by atoms with E-state index in [0.29, 0.717) is 43.2 Å². The van der Waals surface area contributed by atoms with Gasteiger partial charge in [-0.2, -0.15) is 4.31 Å². The molecule has 5 rings (SSSR count). The lowest BCUT2D eigenvalue weighted by Gasteiger charge is -2.31. The summed E-state index contributed by atoms with van der Waals surface area (Å²) in [7, 11) is -3.58. The van der Waals surface area contributed by atoms with Crippen LogP contribution in [-0.4, -0.2) is 43.5 Å². The summed E-state index contributed by atoms with van der Waals surface area (Å²) in [5, 5.41) is 11.1. The van der Waals surface area contributed by atoms with Crippen molar-refractivity contribution >= 4 is 26.8 Å². The molecule has 0 amide bonds. The minimum absolute atomic E-state index is 0.136. The molecule has 1 N–H and O–H groups in total. The summed E-state index contributed by atoms with van der Waals surface area (Å²) in [4.78, 5) is 11.6. The lowest BCUT2D eigenvalue weighted by molar-refractivity contribution is 0.0691. The van der Waals surface area contributed by atoms with Crippen LogP contribution in [0.15, 0.2) is 59.5 Å². The van der Waals surface area contributed by atoms with Crippen LogP contribution in [0.4, 0.5) is 4.39 Å². The molecular weight excluding hydrogens is 457 g/mol. The highest BCUT2D eigenvalue weighted by Crippen LogP contribution is 2.45. The third kappa shape index (κ3) is 4.52. The fraction of sp³-hybridized carbons (Fsp3) is 0.346. The number of piperidine rings is 1. The van der Waals surface area contributed by atoms with Crippen molar-refractivity contribution in [2.24, 2.45) is 5.92 Å². The van der Waals surface area contributed by atoms with E-state index in [4.69, 9.17) is 4.74 Å². The van der Waals surface area contributed by atoms with E-state index in [2.05, 4.69) is 0 Å². The van der Waals surface area contributed by atoms with Crippen LogP contribution in [0.3, 0.4) is 0 Å². The Morgan fingerprint density at radius 2 is 1.71 bits per heavy atom. The quantitative estimate of drug-likeness (QED) is 0.509. The van der Waals surface area contributed by atoms with Gasteiger partial charge < -0.3 is 9.84 Å². The Balaban J connectivity index is 1.23. The van der Waals surface area contributed by atoms with E-state index in [0.717, 1.165) is 29.2 Å². The second-order valence-electron chi connectivity index (χ2n) is 9.12. The largest absolute Gasteiger partial charge is 0.493 e. The molecule has 178 valence electrons. The number of aromatic carboxylic acids is 1. The molecule has 1 aliphatic carbocycles. The van der Waals surface area contributed by atoms with E-state index in [1.165, 1.54) is 16.4 Å². The summed E-state index contributed by atoms with van der Waals surface area (Å²) in [6, 6.07) is 15.4. The molecular formula is C26H26FNO5S. The molecule has 0 aromatic heterocycles. The van der Waals surface area contributed by atoms with Crippen LogP contribution in [-0.2, 0) is 10.0 Å². The van der Waals surface area contributed by atoms with Gasteiger partial charge in [-0.3, -0.25) is 0 Å². The minimum Gasteiger partial charge on any atom is -0.493 e. The number of sulfonamides is 1. The molecule has 1 saturated carbocycles. The van der Waals surface area contributed by atoms with E-state index >= 15 is 0 Å². The third-order valence-corrected chi connectivity index (χ3v) is 8.65. The topological polar surface area (TPSA) is 83.9 Å². The van der Waals surface area contributed by atoms with Crippen molar-refractivity contribution in [1.29, 1.82) is 0 Å². The molecule has 3 aromatic rings. The average Bonchev–Trinajstić information content (AvgIpc) is 3.68. The number of carboxylic acid groups (broad SMARTS) is 1. The van der Waals surface area contributed by atoms with Crippen LogP contribution in [0.25, 0.3) is 10.8 Å². The van der Waals surface area contributed by atoms with Crippen molar-refractivity contribution in [2.75, 3.05) is 19.7 Å². The molecule has 0 unspecified atom stereocenters. The third-order valence-electron chi connectivity index (χ3n) is 6.75. The molecule has 6 nitrogen and oxygen atoms in total. The van der Waals surface area contributed by atoms with Crippen molar-refractivity contribution in [3.63, 3.8) is 0 Å². The minimum atomic E-state index is -3.58. The Morgan fingerprint density at radius 3 is 2.38 bits per heavy atom. The summed E-state index contributed by atoms with van der Waals surface area (Å²) in [5.74, 6) is -1.34. The Kier molecular flexibility index (Phi) is 6.04. The molecule has 2 fully saturated rings. The van der Waals surface area contributed by atoms with Crippen molar-refractivity contribution < 1.29 is 27.4 Å². The van der Waals surface area contributed by atoms with Crippen molar-refractivity contribution in [2.45, 2.75) is 36.5 Å². The maximum atomic E-state index is 14.2. The zero-order valence-corrected chi connectivity index (χ0v) is 19.4. The predicted octanol–water partition coefficient (Wildman–Crippen LogP) is 5.03. The summed E-state index contributed by atoms with van der Waals surface area (Å²) in [6.45, 7) is 1.13. The first-order valence-electron chi connectivity index (χ1n) is 11.5. The predicted molar refractivity (Wildman–Crippen MR) is 126 cm³/mol. The number of rotatable bonds is 7. The van der Waals surface area contributed by atoms with Gasteiger partial charge >= 0.3 is 5.97 Å². The van der Waals surface area contributed by atoms with Gasteiger partial charge in [-0.1, -0.05) is 30.3 Å². The van der Waals surface area contributed by atoms with Gasteiger partial charge in [0.25, 0.3) is 0 Å². The van der Waals surface area contributed by atoms with E-state index in [1.807, 2.05) is 30.3 Å². The number of hydrogen-bond donors (Lipinski definition) is 1. The van der Waals surface area contributed by atoms with Gasteiger partial charge in [0.15, 0.2) is 0 Å². The van der Waals surface area contributed by atoms with Gasteiger partial charge in [0.2, 0.25) is 10.0 Å². The lowest BCUT2D eigenvalue weighted by atomic mass is 9.99. The number of ether oxygens (including phenoxy) is 1. The molecule has 0 radical (unpaired) electrons. The fourth-order valence-electron chi connectivity index (χ4n) is 4.57. The van der Waals surface area contributed by atoms with Crippen LogP contribution in [0.1, 0.15) is 47.5 Å². The average molecular weight is 484 g/mol. The summed E-state index contributed by atoms with van der Waals surface area (Å²) >= 11 is 0. The van der Waals surface area contributed by atoms with Crippen LogP contribution in [0, 0.1) is 11.7 Å². The number of carbonyl (C=O) groups is 1. The maximum absolute atomic E-state index is 14.2. The Labute approximate surface area is 198 Å². The number of carboxylic acids is 1. The molecule has 1 saturated heterocycles. The van der Waals surface area contributed by atoms with Gasteiger partial charge in [0.1, 0.15) is 11.6 Å². The molecule has 2 aliphatic rings. The van der Waals surface area contributed by atoms with Crippen molar-refractivity contribution in [3.05, 3.63) is 71.5 Å². The SMILES string of the molecule is O=C(O)c1cc(C2CC2)c(OCC2CCN(S(=O)(=O)c3ccc4ccccc4c3)CC2)cc1F. The van der Waals surface area contributed by atoms with Gasteiger partial charge in [-0.15, -0.1) is 0 Å². The van der Waals surface area contributed by atoms with Crippen LogP contribution in [0.5, 0.6) is 5.75 Å². The molecule has 0 atom stereocenters. The summed E-state index contributed by atoms with van der Waals surface area (Å²) in [6.07, 6.45) is 3.15. The highest BCUT2D eigenvalue weighted by molar-refractivity contribution is 7.89. The normalized spacial score (nSPS) is 17.7. The molecule has 0 bridgehead atoms. The van der Waals surface area contributed by atoms with Crippen LogP contribution < -0.4 is 4.74 Å². The zero-order chi connectivity index (χ0) is 23.9. The molecule has 34 heavy (non-hydrogen) atoms. The number of fused-ring (bicyclic) bond motifs is 1. The van der Waals surface area contributed by atoms with E-state index < -0.39 is 21.8 Å². The fourth-order valence-corrected chi connectivity index (χ4v) is 6.08. The number of halogens is 1. The number of hydrogen-bond acceptors (Lipinski definition) is 4. The standard InChI is InChI=1S/C26H26FNO5S/c27-24-15-25(22(19-5-6-19)14-23(24)26(29)30)33-16-17-9-11-28(12-10-17)34(31,32)21-8-7-18-3-1-2-4-20(18)13-21/h1-4,7-8,13-15,17,19H,5-6,9-12,16H2,(H,29,30). The van der Waals surface area contributed by atoms with E-state index in [1.54, 1.807) is 12.1 Å². The first-order valence-corrected chi connectivity index (χ1v) is 13.0. The smallest absolute Gasteiger partial charge is 0.338 e. The highest BCUT2D eigenvalue weighted by Gasteiger charge is 2.32. The molecule has 8 heteroatoms. The molecule has 0 spiro atoms. The Morgan fingerprint density at radius 1 is 1.00 bits per heavy atom. The second-order valence-corrected chi connectivity index (χ2v) is 11.1. The van der Waals surface area contributed by atoms with E-state index in [9.17, 15) is 22.7 Å². The van der Waals surface area contributed by atoms with E-state index in [-0.39, 0.29) is 17.4 Å². The van der Waals surface area contributed by atoms with Gasteiger partial charge in [-0.25, -0.2) is 17.6 Å². The van der Waals surface area contributed by atoms with Gasteiger partial charge in [-0.05, 0) is 72.1 Å². The monoisotopic (exact) mass is 483 g/mol. The zero-order valence-electron chi connectivity index (χ0n) is 18.6. The molecule has 3 aromatic carbocycles. The molecule has 1 aliphatic heterocycles. The highest BCUT2D eigenvalue weighted by atomic mass is 32.2. The van der Waals surface area contributed by atoms with Crippen LogP contribution in [0.2, 0.25) is 0 Å². The van der Waals surface area contributed by atoms with Crippen molar-refractivity contribution in [1.82, 2.24) is 4.31 Å². The number of benzene rings is 3. The number of nitrogens with zero attached hydrogens (tertiary/aromatic N) is 1. The second kappa shape index (κ2) is 9.00. The van der Waals surface area contributed by atoms with Crippen molar-refractivity contribution in [3.8, 4) is 5.75 Å². The van der Waals surface area contributed by atoms with Gasteiger partial charge in [0.05, 0.1) is 17.1 Å². The Bertz CT molecular complexity index is 1340. The lowest BCUT2D eigenvalue weighted by Crippen LogP contribution is -2.39. The van der Waals surface area contributed by atoms with Crippen LogP contribution >= 0.6 is 0 Å².